The lowest BCUT2D eigenvalue weighted by molar-refractivity contribution is -0.116. The Morgan fingerprint density at radius 2 is 1.94 bits per heavy atom. The maximum atomic E-state index is 13.3. The minimum Gasteiger partial charge on any atom is -0.465 e. The number of morpholine rings is 1. The number of rotatable bonds is 9. The number of anilines is 2. The van der Waals surface area contributed by atoms with Gasteiger partial charge in [0.15, 0.2) is 0 Å². The molecule has 3 rings (SSSR count). The van der Waals surface area contributed by atoms with E-state index < -0.39 is 16.0 Å². The number of nitrogens with zero attached hydrogens (tertiary/aromatic N) is 2. The molecule has 34 heavy (non-hydrogen) atoms. The van der Waals surface area contributed by atoms with Crippen molar-refractivity contribution in [3.05, 3.63) is 47.7 Å². The van der Waals surface area contributed by atoms with Crippen molar-refractivity contribution in [3.63, 3.8) is 0 Å². The van der Waals surface area contributed by atoms with Crippen molar-refractivity contribution in [3.8, 4) is 0 Å². The number of aromatic nitrogens is 1. The Kier molecular flexibility index (Phi) is 8.59. The summed E-state index contributed by atoms with van der Waals surface area (Å²) in [7, 11) is -2.71. The summed E-state index contributed by atoms with van der Waals surface area (Å²) < 4.78 is 38.0. The molecule has 1 aliphatic heterocycles. The Labute approximate surface area is 199 Å². The summed E-state index contributed by atoms with van der Waals surface area (Å²) in [5, 5.41) is 5.93. The van der Waals surface area contributed by atoms with Crippen LogP contribution in [-0.4, -0.2) is 63.0 Å². The molecule has 2 N–H and O–H groups in total. The van der Waals surface area contributed by atoms with E-state index in [1.54, 1.807) is 12.1 Å². The lowest BCUT2D eigenvalue weighted by atomic mass is 10.1. The van der Waals surface area contributed by atoms with Gasteiger partial charge in [-0.25, -0.2) is 18.2 Å². The fraction of sp³-hybridized carbons (Fsp3) is 0.435. The van der Waals surface area contributed by atoms with Crippen LogP contribution in [0.15, 0.2) is 41.4 Å². The van der Waals surface area contributed by atoms with E-state index in [1.165, 1.54) is 23.7 Å². The van der Waals surface area contributed by atoms with Crippen LogP contribution in [0.5, 0.6) is 0 Å². The number of esters is 1. The van der Waals surface area contributed by atoms with E-state index in [2.05, 4.69) is 15.6 Å². The maximum absolute atomic E-state index is 13.3. The first kappa shape index (κ1) is 25.6. The van der Waals surface area contributed by atoms with Crippen LogP contribution in [0.4, 0.5) is 11.5 Å². The molecule has 0 radical (unpaired) electrons. The minimum absolute atomic E-state index is 0.0368. The van der Waals surface area contributed by atoms with Crippen LogP contribution in [0.2, 0.25) is 0 Å². The molecule has 184 valence electrons. The summed E-state index contributed by atoms with van der Waals surface area (Å²) in [4.78, 5) is 28.2. The summed E-state index contributed by atoms with van der Waals surface area (Å²) >= 11 is 0. The molecule has 2 aromatic rings. The highest BCUT2D eigenvalue weighted by Crippen LogP contribution is 2.26. The summed E-state index contributed by atoms with van der Waals surface area (Å²) in [6.45, 7) is 5.21. The Morgan fingerprint density at radius 3 is 2.62 bits per heavy atom. The van der Waals surface area contributed by atoms with Crippen molar-refractivity contribution >= 4 is 33.4 Å². The fourth-order valence-corrected chi connectivity index (χ4v) is 5.01. The van der Waals surface area contributed by atoms with E-state index in [9.17, 15) is 18.0 Å². The third-order valence-electron chi connectivity index (χ3n) is 5.13. The van der Waals surface area contributed by atoms with E-state index in [0.717, 1.165) is 5.56 Å². The van der Waals surface area contributed by atoms with Gasteiger partial charge in [-0.05, 0) is 29.7 Å². The molecule has 0 atom stereocenters. The van der Waals surface area contributed by atoms with Crippen molar-refractivity contribution in [2.75, 3.05) is 44.0 Å². The van der Waals surface area contributed by atoms with Crippen LogP contribution in [-0.2, 0) is 30.8 Å². The SMILES string of the molecule is COC(=O)c1cnc(NCc2cccc(NC(=O)CC(C)C)c2)c(S(=O)(=O)N2CCOCC2)c1. The largest absolute Gasteiger partial charge is 0.465 e. The average molecular weight is 491 g/mol. The average Bonchev–Trinajstić information content (AvgIpc) is 2.82. The molecule has 0 aliphatic carbocycles. The summed E-state index contributed by atoms with van der Waals surface area (Å²) in [6.07, 6.45) is 1.69. The first-order chi connectivity index (χ1) is 16.2. The molecular weight excluding hydrogens is 460 g/mol. The molecule has 0 unspecified atom stereocenters. The molecule has 11 heteroatoms. The molecule has 0 bridgehead atoms. The zero-order chi connectivity index (χ0) is 24.7. The molecule has 1 saturated heterocycles. The highest BCUT2D eigenvalue weighted by Gasteiger charge is 2.30. The van der Waals surface area contributed by atoms with Crippen LogP contribution >= 0.6 is 0 Å². The van der Waals surface area contributed by atoms with Gasteiger partial charge in [0.2, 0.25) is 15.9 Å². The van der Waals surface area contributed by atoms with Crippen molar-refractivity contribution in [1.82, 2.24) is 9.29 Å². The monoisotopic (exact) mass is 490 g/mol. The Bertz CT molecular complexity index is 1130. The van der Waals surface area contributed by atoms with Gasteiger partial charge in [0.05, 0.1) is 25.9 Å². The predicted octanol–water partition coefficient (Wildman–Crippen LogP) is 2.49. The normalized spacial score (nSPS) is 14.6. The minimum atomic E-state index is -3.93. The van der Waals surface area contributed by atoms with Gasteiger partial charge in [-0.3, -0.25) is 4.79 Å². The second kappa shape index (κ2) is 11.4. The van der Waals surface area contributed by atoms with Crippen LogP contribution in [0, 0.1) is 5.92 Å². The number of methoxy groups -OCH3 is 1. The van der Waals surface area contributed by atoms with Crippen molar-refractivity contribution in [2.24, 2.45) is 5.92 Å². The third kappa shape index (κ3) is 6.52. The van der Waals surface area contributed by atoms with Crippen molar-refractivity contribution in [2.45, 2.75) is 31.7 Å². The number of sulfonamides is 1. The van der Waals surface area contributed by atoms with Gasteiger partial charge in [-0.2, -0.15) is 4.31 Å². The van der Waals surface area contributed by atoms with Crippen molar-refractivity contribution < 1.29 is 27.5 Å². The van der Waals surface area contributed by atoms with Gasteiger partial charge < -0.3 is 20.1 Å². The molecule has 10 nitrogen and oxygen atoms in total. The topological polar surface area (TPSA) is 127 Å². The molecule has 1 aromatic heterocycles. The number of pyridine rings is 1. The highest BCUT2D eigenvalue weighted by molar-refractivity contribution is 7.89. The number of carbonyl (C=O) groups is 2. The van der Waals surface area contributed by atoms with E-state index in [0.29, 0.717) is 25.3 Å². The van der Waals surface area contributed by atoms with Crippen molar-refractivity contribution in [1.29, 1.82) is 0 Å². The van der Waals surface area contributed by atoms with Gasteiger partial charge in [0.25, 0.3) is 0 Å². The van der Waals surface area contributed by atoms with Crippen LogP contribution in [0.25, 0.3) is 0 Å². The molecule has 0 spiro atoms. The third-order valence-corrected chi connectivity index (χ3v) is 7.04. The number of amides is 1. The first-order valence-electron chi connectivity index (χ1n) is 11.0. The first-order valence-corrected chi connectivity index (χ1v) is 12.4. The molecule has 2 heterocycles. The second-order valence-corrected chi connectivity index (χ2v) is 10.2. The van der Waals surface area contributed by atoms with Crippen LogP contribution < -0.4 is 10.6 Å². The Balaban J connectivity index is 1.83. The van der Waals surface area contributed by atoms with E-state index >= 15 is 0 Å². The van der Waals surface area contributed by atoms with Gasteiger partial charge in [-0.1, -0.05) is 26.0 Å². The van der Waals surface area contributed by atoms with E-state index in [4.69, 9.17) is 9.47 Å². The number of hydrogen-bond donors (Lipinski definition) is 2. The fourth-order valence-electron chi connectivity index (χ4n) is 3.46. The number of ether oxygens (including phenoxy) is 2. The maximum Gasteiger partial charge on any atom is 0.339 e. The Morgan fingerprint density at radius 1 is 1.21 bits per heavy atom. The quantitative estimate of drug-likeness (QED) is 0.514. The zero-order valence-corrected chi connectivity index (χ0v) is 20.4. The molecule has 0 saturated carbocycles. The molecule has 1 amide bonds. The number of carbonyl (C=O) groups excluding carboxylic acids is 2. The number of nitrogens with one attached hydrogen (secondary N) is 2. The second-order valence-electron chi connectivity index (χ2n) is 8.28. The van der Waals surface area contributed by atoms with Gasteiger partial charge in [0.1, 0.15) is 10.7 Å². The predicted molar refractivity (Wildman–Crippen MR) is 127 cm³/mol. The van der Waals surface area contributed by atoms with Crippen LogP contribution in [0.3, 0.4) is 0 Å². The van der Waals surface area contributed by atoms with Crippen LogP contribution in [0.1, 0.15) is 36.2 Å². The van der Waals surface area contributed by atoms with E-state index in [-0.39, 0.29) is 47.7 Å². The Hall–Kier alpha value is -3.02. The highest BCUT2D eigenvalue weighted by atomic mass is 32.2. The summed E-state index contributed by atoms with van der Waals surface area (Å²) in [5.41, 5.74) is 1.51. The van der Waals surface area contributed by atoms with Gasteiger partial charge in [0, 0.05) is 37.9 Å². The molecule has 1 aliphatic rings. The lowest BCUT2D eigenvalue weighted by Crippen LogP contribution is -2.41. The van der Waals surface area contributed by atoms with Gasteiger partial charge in [-0.15, -0.1) is 0 Å². The smallest absolute Gasteiger partial charge is 0.339 e. The molecular formula is C23H30N4O6S. The van der Waals surface area contributed by atoms with Gasteiger partial charge >= 0.3 is 5.97 Å². The summed E-state index contributed by atoms with van der Waals surface area (Å²) in [5.74, 6) is -0.384. The number of benzene rings is 1. The molecule has 1 aromatic carbocycles. The summed E-state index contributed by atoms with van der Waals surface area (Å²) in [6, 6.07) is 8.53. The lowest BCUT2D eigenvalue weighted by Gasteiger charge is -2.27. The zero-order valence-electron chi connectivity index (χ0n) is 19.5. The standard InChI is InChI=1S/C23H30N4O6S/c1-16(2)11-21(28)26-19-6-4-5-17(12-19)14-24-22-20(13-18(15-25-22)23(29)32-3)34(30,31)27-7-9-33-10-8-27/h4-6,12-13,15-16H,7-11,14H2,1-3H3,(H,24,25)(H,26,28). The molecule has 1 fully saturated rings. The number of hydrogen-bond acceptors (Lipinski definition) is 8. The van der Waals surface area contributed by atoms with E-state index in [1.807, 2.05) is 26.0 Å².